The summed E-state index contributed by atoms with van der Waals surface area (Å²) in [5.74, 6) is 0. The maximum atomic E-state index is 2.38. The summed E-state index contributed by atoms with van der Waals surface area (Å²) in [6, 6.07) is 60.0. The van der Waals surface area contributed by atoms with Crippen molar-refractivity contribution >= 4 is 48.6 Å². The Kier molecular flexibility index (Phi) is 6.41. The van der Waals surface area contributed by atoms with Gasteiger partial charge in [-0.1, -0.05) is 123 Å². The third-order valence-corrected chi connectivity index (χ3v) is 11.0. The number of hydrogen-bond acceptors (Lipinski definition) is 2. The summed E-state index contributed by atoms with van der Waals surface area (Å²) < 4.78 is 2.66. The maximum absolute atomic E-state index is 2.38. The van der Waals surface area contributed by atoms with Crippen molar-refractivity contribution in [1.29, 1.82) is 0 Å². The lowest BCUT2D eigenvalue weighted by Gasteiger charge is -2.26. The van der Waals surface area contributed by atoms with Gasteiger partial charge in [0.15, 0.2) is 0 Å². The largest absolute Gasteiger partial charge is 0.311 e. The topological polar surface area (TPSA) is 3.24 Å². The van der Waals surface area contributed by atoms with E-state index >= 15 is 0 Å². The van der Waals surface area contributed by atoms with Crippen LogP contribution in [0.4, 0.5) is 17.1 Å². The lowest BCUT2D eigenvalue weighted by Crippen LogP contribution is -2.14. The molecule has 1 aromatic heterocycles. The highest BCUT2D eigenvalue weighted by molar-refractivity contribution is 7.25. The highest BCUT2D eigenvalue weighted by Gasteiger charge is 2.35. The molecule has 8 aromatic rings. The molecule has 0 radical (unpaired) electrons. The van der Waals surface area contributed by atoms with Gasteiger partial charge in [-0.05, 0) is 99.1 Å². The number of rotatable bonds is 5. The molecule has 0 N–H and O–H groups in total. The molecular weight excluding hydrogens is 587 g/mol. The lowest BCUT2D eigenvalue weighted by molar-refractivity contribution is 0.660. The Hall–Kier alpha value is -5.44. The Morgan fingerprint density at radius 2 is 1.00 bits per heavy atom. The Balaban J connectivity index is 1.08. The Labute approximate surface area is 280 Å². The van der Waals surface area contributed by atoms with Gasteiger partial charge >= 0.3 is 0 Å². The highest BCUT2D eigenvalue weighted by Crippen LogP contribution is 2.49. The van der Waals surface area contributed by atoms with Crippen LogP contribution in [0.5, 0.6) is 0 Å². The average Bonchev–Trinajstić information content (AvgIpc) is 3.62. The van der Waals surface area contributed by atoms with Crippen LogP contribution in [0.25, 0.3) is 53.6 Å². The predicted molar refractivity (Wildman–Crippen MR) is 202 cm³/mol. The van der Waals surface area contributed by atoms with Crippen LogP contribution in [0.1, 0.15) is 25.0 Å². The fourth-order valence-electron chi connectivity index (χ4n) is 7.53. The summed E-state index contributed by atoms with van der Waals surface area (Å²) in [6.07, 6.45) is 0. The van der Waals surface area contributed by atoms with E-state index in [1.807, 2.05) is 11.3 Å². The second kappa shape index (κ2) is 10.8. The van der Waals surface area contributed by atoms with Gasteiger partial charge in [-0.2, -0.15) is 0 Å². The van der Waals surface area contributed by atoms with Crippen molar-refractivity contribution in [2.75, 3.05) is 4.90 Å². The molecule has 1 nitrogen and oxygen atoms in total. The van der Waals surface area contributed by atoms with E-state index in [1.165, 1.54) is 64.7 Å². The van der Waals surface area contributed by atoms with Crippen molar-refractivity contribution in [1.82, 2.24) is 0 Å². The number of hydrogen-bond donors (Lipinski definition) is 0. The second-order valence-electron chi connectivity index (χ2n) is 13.0. The molecule has 47 heavy (non-hydrogen) atoms. The van der Waals surface area contributed by atoms with Gasteiger partial charge in [0.25, 0.3) is 0 Å². The predicted octanol–water partition coefficient (Wildman–Crippen LogP) is 13.2. The smallest absolute Gasteiger partial charge is 0.0462 e. The molecule has 0 saturated heterocycles. The van der Waals surface area contributed by atoms with Crippen LogP contribution in [-0.2, 0) is 5.41 Å². The van der Waals surface area contributed by atoms with E-state index in [4.69, 9.17) is 0 Å². The van der Waals surface area contributed by atoms with Crippen molar-refractivity contribution in [2.24, 2.45) is 0 Å². The number of fused-ring (bicyclic) bond motifs is 6. The number of thiophene rings is 1. The minimum atomic E-state index is 0.0179. The number of benzene rings is 7. The van der Waals surface area contributed by atoms with Gasteiger partial charge < -0.3 is 4.90 Å². The summed E-state index contributed by atoms with van der Waals surface area (Å²) in [6.45, 7) is 4.67. The van der Waals surface area contributed by atoms with Crippen LogP contribution >= 0.6 is 11.3 Å². The van der Waals surface area contributed by atoms with E-state index in [9.17, 15) is 0 Å². The van der Waals surface area contributed by atoms with Crippen molar-refractivity contribution in [3.05, 3.63) is 175 Å². The summed E-state index contributed by atoms with van der Waals surface area (Å²) in [7, 11) is 0. The van der Waals surface area contributed by atoms with Crippen LogP contribution in [0.15, 0.2) is 164 Å². The third kappa shape index (κ3) is 4.52. The van der Waals surface area contributed by atoms with Gasteiger partial charge in [0.1, 0.15) is 0 Å². The van der Waals surface area contributed by atoms with Crippen LogP contribution in [0.2, 0.25) is 0 Å². The molecule has 224 valence electrons. The van der Waals surface area contributed by atoms with Crippen LogP contribution in [0, 0.1) is 0 Å². The van der Waals surface area contributed by atoms with Crippen molar-refractivity contribution < 1.29 is 0 Å². The van der Waals surface area contributed by atoms with Crippen molar-refractivity contribution in [3.63, 3.8) is 0 Å². The number of anilines is 3. The van der Waals surface area contributed by atoms with E-state index in [-0.39, 0.29) is 5.41 Å². The second-order valence-corrected chi connectivity index (χ2v) is 14.1. The monoisotopic (exact) mass is 619 g/mol. The van der Waals surface area contributed by atoms with E-state index in [0.29, 0.717) is 0 Å². The van der Waals surface area contributed by atoms with Crippen molar-refractivity contribution in [3.8, 4) is 33.4 Å². The van der Waals surface area contributed by atoms with Crippen LogP contribution < -0.4 is 4.90 Å². The zero-order chi connectivity index (χ0) is 31.5. The van der Waals surface area contributed by atoms with E-state index in [2.05, 4.69) is 183 Å². The third-order valence-electron chi connectivity index (χ3n) is 9.90. The zero-order valence-electron chi connectivity index (χ0n) is 26.4. The van der Waals surface area contributed by atoms with Gasteiger partial charge in [0, 0.05) is 42.6 Å². The van der Waals surface area contributed by atoms with Gasteiger partial charge in [-0.25, -0.2) is 0 Å². The molecule has 9 rings (SSSR count). The first-order valence-electron chi connectivity index (χ1n) is 16.3. The Bertz CT molecular complexity index is 2410. The molecule has 0 unspecified atom stereocenters. The number of para-hydroxylation sites is 1. The van der Waals surface area contributed by atoms with Gasteiger partial charge in [-0.15, -0.1) is 11.3 Å². The summed E-state index contributed by atoms with van der Waals surface area (Å²) >= 11 is 1.87. The van der Waals surface area contributed by atoms with Gasteiger partial charge in [0.2, 0.25) is 0 Å². The highest BCUT2D eigenvalue weighted by atomic mass is 32.1. The molecule has 2 heteroatoms. The molecule has 0 saturated carbocycles. The van der Waals surface area contributed by atoms with Crippen LogP contribution in [-0.4, -0.2) is 0 Å². The minimum Gasteiger partial charge on any atom is -0.311 e. The van der Waals surface area contributed by atoms with Crippen LogP contribution in [0.3, 0.4) is 0 Å². The fraction of sp³-hybridized carbons (Fsp3) is 0.0667. The molecule has 0 fully saturated rings. The zero-order valence-corrected chi connectivity index (χ0v) is 27.3. The lowest BCUT2D eigenvalue weighted by atomic mass is 9.82. The Morgan fingerprint density at radius 1 is 0.426 bits per heavy atom. The first-order valence-corrected chi connectivity index (χ1v) is 17.1. The number of nitrogens with zero attached hydrogens (tertiary/aromatic N) is 1. The first kappa shape index (κ1) is 27.8. The maximum Gasteiger partial charge on any atom is 0.0462 e. The van der Waals surface area contributed by atoms with Gasteiger partial charge in [-0.3, -0.25) is 0 Å². The summed E-state index contributed by atoms with van der Waals surface area (Å²) in [4.78, 5) is 2.34. The molecule has 0 spiro atoms. The fourth-order valence-corrected chi connectivity index (χ4v) is 8.66. The molecule has 0 bridgehead atoms. The first-order chi connectivity index (χ1) is 23.1. The molecule has 1 aliphatic rings. The molecule has 1 heterocycles. The quantitative estimate of drug-likeness (QED) is 0.185. The molecule has 0 amide bonds. The summed E-state index contributed by atoms with van der Waals surface area (Å²) in [5, 5.41) is 2.67. The van der Waals surface area contributed by atoms with Gasteiger partial charge in [0.05, 0.1) is 0 Å². The molecule has 0 atom stereocenters. The van der Waals surface area contributed by atoms with E-state index < -0.39 is 0 Å². The Morgan fingerprint density at radius 3 is 1.79 bits per heavy atom. The van der Waals surface area contributed by atoms with Crippen molar-refractivity contribution in [2.45, 2.75) is 19.3 Å². The molecule has 1 aliphatic carbocycles. The SMILES string of the molecule is CC1(C)c2ccccc2-c2cc(-c3ccc(N(c4ccccc4)c4ccc(-c5cccc6sc7ccccc7c56)cc4)cc3)ccc21. The summed E-state index contributed by atoms with van der Waals surface area (Å²) in [5.41, 5.74) is 13.9. The minimum absolute atomic E-state index is 0.0179. The molecule has 7 aromatic carbocycles. The molecule has 0 aliphatic heterocycles. The molecular formula is C45H33NS. The van der Waals surface area contributed by atoms with E-state index in [0.717, 1.165) is 17.1 Å². The standard InChI is InChI=1S/C45H33NS/c1-45(2)40-16-8-6-13-37(40)39-29-32(23-28-41(39)45)30-19-24-34(25-20-30)46(33-11-4-3-5-12-33)35-26-21-31(22-27-35)36-15-10-18-43-44(36)38-14-7-9-17-42(38)47-43/h3-29H,1-2H3. The average molecular weight is 620 g/mol. The van der Waals surface area contributed by atoms with E-state index in [1.54, 1.807) is 0 Å². The normalized spacial score (nSPS) is 13.1.